The maximum atomic E-state index is 12.2. The van der Waals surface area contributed by atoms with Gasteiger partial charge in [-0.3, -0.25) is 10.1 Å². The minimum absolute atomic E-state index is 0.0768. The molecule has 1 heterocycles. The van der Waals surface area contributed by atoms with Gasteiger partial charge in [-0.05, 0) is 32.0 Å². The minimum Gasteiger partial charge on any atom is -0.462 e. The van der Waals surface area contributed by atoms with Crippen LogP contribution in [0, 0.1) is 6.92 Å². The lowest BCUT2D eigenvalue weighted by molar-refractivity contribution is 0.0526. The van der Waals surface area contributed by atoms with Crippen LogP contribution in [-0.4, -0.2) is 23.6 Å². The van der Waals surface area contributed by atoms with E-state index in [4.69, 9.17) is 32.5 Å². The van der Waals surface area contributed by atoms with Gasteiger partial charge >= 0.3 is 5.97 Å². The summed E-state index contributed by atoms with van der Waals surface area (Å²) in [4.78, 5) is 24.0. The van der Waals surface area contributed by atoms with Crippen LogP contribution in [0.2, 0.25) is 10.0 Å². The number of aromatic nitrogens is 1. The standard InChI is InChI=1S/C14H12Cl2N2O4/c1-3-21-14(20)11-7(2)18-22-13(11)17-12(19)8-4-5-9(15)10(16)6-8/h4-6H,3H2,1-2H3,(H,17,19). The first-order valence-corrected chi connectivity index (χ1v) is 7.09. The van der Waals surface area contributed by atoms with Crippen molar-refractivity contribution in [2.24, 2.45) is 0 Å². The smallest absolute Gasteiger partial charge is 0.345 e. The number of esters is 1. The van der Waals surface area contributed by atoms with Crippen molar-refractivity contribution in [2.45, 2.75) is 13.8 Å². The average Bonchev–Trinajstić information content (AvgIpc) is 2.83. The van der Waals surface area contributed by atoms with E-state index >= 15 is 0 Å². The van der Waals surface area contributed by atoms with Gasteiger partial charge in [-0.2, -0.15) is 0 Å². The lowest BCUT2D eigenvalue weighted by Gasteiger charge is -2.05. The summed E-state index contributed by atoms with van der Waals surface area (Å²) in [6, 6.07) is 4.40. The summed E-state index contributed by atoms with van der Waals surface area (Å²) < 4.78 is 9.87. The monoisotopic (exact) mass is 342 g/mol. The fourth-order valence-corrected chi connectivity index (χ4v) is 2.01. The molecule has 0 bridgehead atoms. The number of anilines is 1. The van der Waals surface area contributed by atoms with Gasteiger partial charge in [0.2, 0.25) is 5.88 Å². The van der Waals surface area contributed by atoms with Crippen LogP contribution in [0.5, 0.6) is 0 Å². The Morgan fingerprint density at radius 2 is 2.05 bits per heavy atom. The van der Waals surface area contributed by atoms with Crippen LogP contribution in [0.4, 0.5) is 5.88 Å². The molecule has 0 atom stereocenters. The van der Waals surface area contributed by atoms with Crippen LogP contribution in [0.3, 0.4) is 0 Å². The summed E-state index contributed by atoms with van der Waals surface area (Å²) in [5.74, 6) is -1.21. The fraction of sp³-hybridized carbons (Fsp3) is 0.214. The molecule has 0 aliphatic rings. The molecule has 6 nitrogen and oxygen atoms in total. The Kier molecular flexibility index (Phi) is 5.05. The Balaban J connectivity index is 2.25. The first kappa shape index (κ1) is 16.3. The van der Waals surface area contributed by atoms with E-state index in [-0.39, 0.29) is 28.6 Å². The van der Waals surface area contributed by atoms with E-state index in [0.717, 1.165) is 0 Å². The molecule has 1 amide bonds. The minimum atomic E-state index is -0.620. The maximum absolute atomic E-state index is 12.2. The Bertz CT molecular complexity index is 728. The van der Waals surface area contributed by atoms with Crippen LogP contribution in [0.15, 0.2) is 22.7 Å². The summed E-state index contributed by atoms with van der Waals surface area (Å²) in [6.07, 6.45) is 0. The van der Waals surface area contributed by atoms with E-state index < -0.39 is 11.9 Å². The molecule has 0 saturated heterocycles. The van der Waals surface area contributed by atoms with Crippen molar-refractivity contribution in [2.75, 3.05) is 11.9 Å². The first-order chi connectivity index (χ1) is 10.4. The van der Waals surface area contributed by atoms with Crippen molar-refractivity contribution in [3.05, 3.63) is 45.1 Å². The largest absolute Gasteiger partial charge is 0.462 e. The zero-order valence-electron chi connectivity index (χ0n) is 11.8. The lowest BCUT2D eigenvalue weighted by Crippen LogP contribution is -2.15. The van der Waals surface area contributed by atoms with Crippen molar-refractivity contribution >= 4 is 41.0 Å². The average molecular weight is 343 g/mol. The molecule has 2 rings (SSSR count). The Morgan fingerprint density at radius 1 is 1.32 bits per heavy atom. The predicted octanol–water partition coefficient (Wildman–Crippen LogP) is 3.72. The summed E-state index contributed by atoms with van der Waals surface area (Å²) in [7, 11) is 0. The predicted molar refractivity (Wildman–Crippen MR) is 81.6 cm³/mol. The molecule has 0 spiro atoms. The molecule has 0 fully saturated rings. The first-order valence-electron chi connectivity index (χ1n) is 6.33. The molecular formula is C14H12Cl2N2O4. The van der Waals surface area contributed by atoms with Crippen LogP contribution < -0.4 is 5.32 Å². The van der Waals surface area contributed by atoms with Crippen LogP contribution >= 0.6 is 23.2 Å². The number of halogens is 2. The summed E-state index contributed by atoms with van der Waals surface area (Å²) in [5.41, 5.74) is 0.663. The third kappa shape index (κ3) is 3.40. The van der Waals surface area contributed by atoms with Crippen molar-refractivity contribution in [1.29, 1.82) is 0 Å². The normalized spacial score (nSPS) is 10.4. The van der Waals surface area contributed by atoms with Crippen molar-refractivity contribution in [1.82, 2.24) is 5.16 Å². The number of aryl methyl sites for hydroxylation is 1. The highest BCUT2D eigenvalue weighted by molar-refractivity contribution is 6.42. The molecule has 0 saturated carbocycles. The number of nitrogens with one attached hydrogen (secondary N) is 1. The number of benzene rings is 1. The molecular weight excluding hydrogens is 331 g/mol. The molecule has 0 radical (unpaired) electrons. The Hall–Kier alpha value is -2.05. The number of nitrogens with zero attached hydrogens (tertiary/aromatic N) is 1. The van der Waals surface area contributed by atoms with Gasteiger partial charge in [0.1, 0.15) is 5.56 Å². The van der Waals surface area contributed by atoms with Gasteiger partial charge in [0, 0.05) is 5.56 Å². The fourth-order valence-electron chi connectivity index (χ4n) is 1.71. The van der Waals surface area contributed by atoms with Crippen molar-refractivity contribution in [3.63, 3.8) is 0 Å². The molecule has 0 aliphatic heterocycles. The number of hydrogen-bond acceptors (Lipinski definition) is 5. The molecule has 1 N–H and O–H groups in total. The number of ether oxygens (including phenoxy) is 1. The summed E-state index contributed by atoms with van der Waals surface area (Å²) >= 11 is 11.7. The van der Waals surface area contributed by atoms with Gasteiger partial charge in [-0.15, -0.1) is 0 Å². The van der Waals surface area contributed by atoms with Gasteiger partial charge in [-0.25, -0.2) is 4.79 Å². The second-order valence-corrected chi connectivity index (χ2v) is 5.09. The number of hydrogen-bond donors (Lipinski definition) is 1. The number of carbonyl (C=O) groups is 2. The summed E-state index contributed by atoms with van der Waals surface area (Å²) in [5, 5.41) is 6.70. The van der Waals surface area contributed by atoms with Crippen LogP contribution in [-0.2, 0) is 4.74 Å². The van der Waals surface area contributed by atoms with Gasteiger partial charge in [0.15, 0.2) is 0 Å². The second kappa shape index (κ2) is 6.81. The van der Waals surface area contributed by atoms with Gasteiger partial charge in [0.05, 0.1) is 22.3 Å². The Labute approximate surface area is 136 Å². The third-order valence-electron chi connectivity index (χ3n) is 2.75. The van der Waals surface area contributed by atoms with Gasteiger partial charge in [-0.1, -0.05) is 28.4 Å². The Morgan fingerprint density at radius 3 is 2.68 bits per heavy atom. The van der Waals surface area contributed by atoms with E-state index in [9.17, 15) is 9.59 Å². The second-order valence-electron chi connectivity index (χ2n) is 4.28. The summed E-state index contributed by atoms with van der Waals surface area (Å²) in [6.45, 7) is 3.45. The van der Waals surface area contributed by atoms with E-state index in [1.54, 1.807) is 13.8 Å². The van der Waals surface area contributed by atoms with E-state index in [1.165, 1.54) is 18.2 Å². The molecule has 0 aliphatic carbocycles. The highest BCUT2D eigenvalue weighted by Crippen LogP contribution is 2.24. The molecule has 8 heteroatoms. The quantitative estimate of drug-likeness (QED) is 0.856. The van der Waals surface area contributed by atoms with Gasteiger partial charge < -0.3 is 9.26 Å². The highest BCUT2D eigenvalue weighted by atomic mass is 35.5. The maximum Gasteiger partial charge on any atom is 0.345 e. The molecule has 0 unspecified atom stereocenters. The zero-order chi connectivity index (χ0) is 16.3. The van der Waals surface area contributed by atoms with E-state index in [1.807, 2.05) is 0 Å². The molecule has 116 valence electrons. The van der Waals surface area contributed by atoms with E-state index in [2.05, 4.69) is 10.5 Å². The van der Waals surface area contributed by atoms with Gasteiger partial charge in [0.25, 0.3) is 5.91 Å². The van der Waals surface area contributed by atoms with Crippen molar-refractivity contribution in [3.8, 4) is 0 Å². The number of rotatable bonds is 4. The zero-order valence-corrected chi connectivity index (χ0v) is 13.3. The highest BCUT2D eigenvalue weighted by Gasteiger charge is 2.23. The van der Waals surface area contributed by atoms with Crippen molar-refractivity contribution < 1.29 is 18.8 Å². The van der Waals surface area contributed by atoms with Crippen LogP contribution in [0.25, 0.3) is 0 Å². The van der Waals surface area contributed by atoms with E-state index in [0.29, 0.717) is 10.7 Å². The molecule has 1 aromatic carbocycles. The third-order valence-corrected chi connectivity index (χ3v) is 3.49. The number of amides is 1. The lowest BCUT2D eigenvalue weighted by atomic mass is 10.2. The molecule has 22 heavy (non-hydrogen) atoms. The molecule has 1 aromatic heterocycles. The van der Waals surface area contributed by atoms with Crippen LogP contribution in [0.1, 0.15) is 33.3 Å². The topological polar surface area (TPSA) is 81.4 Å². The number of carbonyl (C=O) groups excluding carboxylic acids is 2. The molecule has 2 aromatic rings. The SMILES string of the molecule is CCOC(=O)c1c(C)noc1NC(=O)c1ccc(Cl)c(Cl)c1.